The number of halogens is 1. The number of carboxylic acids is 1. The van der Waals surface area contributed by atoms with E-state index in [4.69, 9.17) is 16.7 Å². The summed E-state index contributed by atoms with van der Waals surface area (Å²) in [5.74, 6) is -1.04. The molecule has 3 rings (SSSR count). The fraction of sp³-hybridized carbons (Fsp3) is 0.0714. The number of benzene rings is 1. The molecule has 0 saturated heterocycles. The van der Waals surface area contributed by atoms with E-state index in [1.165, 1.54) is 12.5 Å². The SMILES string of the molecule is O=C(O)c1cncnc1Cn1cc(Cl)c2ccccc21. The second kappa shape index (κ2) is 4.94. The van der Waals surface area contributed by atoms with Gasteiger partial charge in [-0.25, -0.2) is 14.8 Å². The van der Waals surface area contributed by atoms with Crippen LogP contribution in [-0.2, 0) is 6.54 Å². The Kier molecular flexibility index (Phi) is 3.12. The molecule has 0 aliphatic carbocycles. The highest BCUT2D eigenvalue weighted by atomic mass is 35.5. The Bertz CT molecular complexity index is 798. The molecule has 100 valence electrons. The maximum Gasteiger partial charge on any atom is 0.339 e. The quantitative estimate of drug-likeness (QED) is 0.804. The van der Waals surface area contributed by atoms with Crippen LogP contribution in [0, 0.1) is 0 Å². The maximum absolute atomic E-state index is 11.2. The Balaban J connectivity index is 2.08. The zero-order valence-electron chi connectivity index (χ0n) is 10.3. The van der Waals surface area contributed by atoms with Gasteiger partial charge in [-0.1, -0.05) is 29.8 Å². The van der Waals surface area contributed by atoms with Gasteiger partial charge in [0.15, 0.2) is 0 Å². The van der Waals surface area contributed by atoms with Crippen molar-refractivity contribution in [2.24, 2.45) is 0 Å². The van der Waals surface area contributed by atoms with Crippen LogP contribution in [0.1, 0.15) is 16.1 Å². The molecular weight excluding hydrogens is 278 g/mol. The average molecular weight is 288 g/mol. The largest absolute Gasteiger partial charge is 0.478 e. The number of rotatable bonds is 3. The molecule has 2 heterocycles. The lowest BCUT2D eigenvalue weighted by molar-refractivity contribution is 0.0694. The smallest absolute Gasteiger partial charge is 0.339 e. The standard InChI is InChI=1S/C14H10ClN3O2/c15-11-6-18(13-4-2-1-3-9(11)13)7-12-10(14(19)20)5-16-8-17-12/h1-6,8H,7H2,(H,19,20). The normalized spacial score (nSPS) is 10.8. The van der Waals surface area contributed by atoms with Crippen LogP contribution in [0.2, 0.25) is 5.02 Å². The molecule has 1 aromatic carbocycles. The molecule has 5 nitrogen and oxygen atoms in total. The number of aromatic nitrogens is 3. The van der Waals surface area contributed by atoms with E-state index in [-0.39, 0.29) is 5.56 Å². The summed E-state index contributed by atoms with van der Waals surface area (Å²) in [7, 11) is 0. The van der Waals surface area contributed by atoms with Gasteiger partial charge in [0.1, 0.15) is 11.9 Å². The first-order valence-electron chi connectivity index (χ1n) is 5.92. The second-order valence-electron chi connectivity index (χ2n) is 4.31. The van der Waals surface area contributed by atoms with Crippen molar-refractivity contribution in [3.8, 4) is 0 Å². The van der Waals surface area contributed by atoms with Crippen molar-refractivity contribution in [3.05, 3.63) is 59.3 Å². The number of hydrogen-bond donors (Lipinski definition) is 1. The zero-order valence-corrected chi connectivity index (χ0v) is 11.1. The molecule has 0 aliphatic rings. The number of aromatic carboxylic acids is 1. The van der Waals surface area contributed by atoms with Gasteiger partial charge in [0.25, 0.3) is 0 Å². The molecule has 0 spiro atoms. The Morgan fingerprint density at radius 1 is 1.35 bits per heavy atom. The molecule has 0 atom stereocenters. The highest BCUT2D eigenvalue weighted by Crippen LogP contribution is 2.26. The van der Waals surface area contributed by atoms with E-state index in [1.54, 1.807) is 6.20 Å². The maximum atomic E-state index is 11.2. The van der Waals surface area contributed by atoms with E-state index >= 15 is 0 Å². The van der Waals surface area contributed by atoms with Crippen LogP contribution in [-0.4, -0.2) is 25.6 Å². The van der Waals surface area contributed by atoms with Crippen molar-refractivity contribution in [2.75, 3.05) is 0 Å². The molecule has 0 radical (unpaired) electrons. The molecule has 20 heavy (non-hydrogen) atoms. The summed E-state index contributed by atoms with van der Waals surface area (Å²) in [5.41, 5.74) is 1.48. The zero-order chi connectivity index (χ0) is 14.1. The highest BCUT2D eigenvalue weighted by Gasteiger charge is 2.13. The number of carbonyl (C=O) groups is 1. The summed E-state index contributed by atoms with van der Waals surface area (Å²) in [5, 5.41) is 10.7. The molecule has 1 N–H and O–H groups in total. The van der Waals surface area contributed by atoms with Crippen LogP contribution in [0.15, 0.2) is 43.0 Å². The van der Waals surface area contributed by atoms with Gasteiger partial charge in [0, 0.05) is 23.3 Å². The van der Waals surface area contributed by atoms with Crippen molar-refractivity contribution in [1.82, 2.24) is 14.5 Å². The molecule has 0 bridgehead atoms. The van der Waals surface area contributed by atoms with E-state index in [0.717, 1.165) is 10.9 Å². The van der Waals surface area contributed by atoms with Gasteiger partial charge in [-0.2, -0.15) is 0 Å². The van der Waals surface area contributed by atoms with Gasteiger partial charge in [0.05, 0.1) is 17.3 Å². The molecular formula is C14H10ClN3O2. The third-order valence-electron chi connectivity index (χ3n) is 3.09. The molecule has 0 saturated carbocycles. The minimum absolute atomic E-state index is 0.0985. The minimum atomic E-state index is -1.04. The summed E-state index contributed by atoms with van der Waals surface area (Å²) in [6.07, 6.45) is 4.42. The Labute approximate surface area is 119 Å². The van der Waals surface area contributed by atoms with Gasteiger partial charge in [-0.15, -0.1) is 0 Å². The number of fused-ring (bicyclic) bond motifs is 1. The third-order valence-corrected chi connectivity index (χ3v) is 3.39. The molecule has 0 fully saturated rings. The van der Waals surface area contributed by atoms with Gasteiger partial charge in [0.2, 0.25) is 0 Å². The summed E-state index contributed by atoms with van der Waals surface area (Å²) in [6.45, 7) is 0.331. The summed E-state index contributed by atoms with van der Waals surface area (Å²) < 4.78 is 1.88. The van der Waals surface area contributed by atoms with Crippen LogP contribution >= 0.6 is 11.6 Å². The highest BCUT2D eigenvalue weighted by molar-refractivity contribution is 6.35. The van der Waals surface area contributed by atoms with Crippen LogP contribution in [0.25, 0.3) is 10.9 Å². The fourth-order valence-corrected chi connectivity index (χ4v) is 2.43. The molecule has 6 heteroatoms. The van der Waals surface area contributed by atoms with Crippen molar-refractivity contribution >= 4 is 28.5 Å². The minimum Gasteiger partial charge on any atom is -0.478 e. The topological polar surface area (TPSA) is 68.0 Å². The summed E-state index contributed by atoms with van der Waals surface area (Å²) >= 11 is 6.18. The lowest BCUT2D eigenvalue weighted by Gasteiger charge is -2.07. The first-order valence-corrected chi connectivity index (χ1v) is 6.30. The van der Waals surface area contributed by atoms with Gasteiger partial charge in [-0.3, -0.25) is 0 Å². The molecule has 3 aromatic rings. The van der Waals surface area contributed by atoms with Crippen LogP contribution in [0.5, 0.6) is 0 Å². The van der Waals surface area contributed by atoms with E-state index in [0.29, 0.717) is 17.3 Å². The van der Waals surface area contributed by atoms with Crippen molar-refractivity contribution in [3.63, 3.8) is 0 Å². The van der Waals surface area contributed by atoms with Crippen LogP contribution in [0.4, 0.5) is 0 Å². The van der Waals surface area contributed by atoms with Crippen molar-refractivity contribution < 1.29 is 9.90 Å². The van der Waals surface area contributed by atoms with Gasteiger partial charge >= 0.3 is 5.97 Å². The Hall–Kier alpha value is -2.40. The number of carboxylic acid groups (broad SMARTS) is 1. The predicted octanol–water partition coefficient (Wildman–Crippen LogP) is 2.83. The van der Waals surface area contributed by atoms with Crippen LogP contribution in [0.3, 0.4) is 0 Å². The van der Waals surface area contributed by atoms with Gasteiger partial charge < -0.3 is 9.67 Å². The third kappa shape index (κ3) is 2.12. The van der Waals surface area contributed by atoms with Crippen molar-refractivity contribution in [1.29, 1.82) is 0 Å². The molecule has 2 aromatic heterocycles. The first-order chi connectivity index (χ1) is 9.66. The van der Waals surface area contributed by atoms with Crippen LogP contribution < -0.4 is 0 Å². The summed E-state index contributed by atoms with van der Waals surface area (Å²) in [6, 6.07) is 7.67. The van der Waals surface area contributed by atoms with E-state index in [1.807, 2.05) is 28.8 Å². The monoisotopic (exact) mass is 287 g/mol. The number of nitrogens with zero attached hydrogens (tertiary/aromatic N) is 3. The van der Waals surface area contributed by atoms with Crippen molar-refractivity contribution in [2.45, 2.75) is 6.54 Å². The lowest BCUT2D eigenvalue weighted by atomic mass is 10.2. The second-order valence-corrected chi connectivity index (χ2v) is 4.72. The number of hydrogen-bond acceptors (Lipinski definition) is 3. The lowest BCUT2D eigenvalue weighted by Crippen LogP contribution is -2.09. The average Bonchev–Trinajstić information content (AvgIpc) is 2.76. The number of para-hydroxylation sites is 1. The first kappa shape index (κ1) is 12.6. The van der Waals surface area contributed by atoms with E-state index < -0.39 is 5.97 Å². The predicted molar refractivity (Wildman–Crippen MR) is 75.0 cm³/mol. The summed E-state index contributed by atoms with van der Waals surface area (Å²) in [4.78, 5) is 19.0. The van der Waals surface area contributed by atoms with E-state index in [2.05, 4.69) is 9.97 Å². The Morgan fingerprint density at radius 2 is 2.15 bits per heavy atom. The van der Waals surface area contributed by atoms with E-state index in [9.17, 15) is 4.79 Å². The van der Waals surface area contributed by atoms with Gasteiger partial charge in [-0.05, 0) is 6.07 Å². The fourth-order valence-electron chi connectivity index (χ4n) is 2.15. The Morgan fingerprint density at radius 3 is 2.95 bits per heavy atom. The molecule has 0 amide bonds. The molecule has 0 unspecified atom stereocenters. The molecule has 0 aliphatic heterocycles.